The lowest BCUT2D eigenvalue weighted by molar-refractivity contribution is 0.0794. The van der Waals surface area contributed by atoms with E-state index in [2.05, 4.69) is 29.7 Å². The molecule has 0 saturated carbocycles. The van der Waals surface area contributed by atoms with Crippen molar-refractivity contribution in [3.63, 3.8) is 0 Å². The van der Waals surface area contributed by atoms with Crippen LogP contribution in [0.25, 0.3) is 10.2 Å². The molecule has 8 nitrogen and oxygen atoms in total. The number of rotatable bonds is 4. The highest BCUT2D eigenvalue weighted by Crippen LogP contribution is 2.41. The van der Waals surface area contributed by atoms with E-state index in [4.69, 9.17) is 20.2 Å². The Labute approximate surface area is 175 Å². The van der Waals surface area contributed by atoms with E-state index >= 15 is 0 Å². The van der Waals surface area contributed by atoms with E-state index in [-0.39, 0.29) is 6.04 Å². The van der Waals surface area contributed by atoms with Crippen LogP contribution in [0.1, 0.15) is 24.9 Å². The Hall–Kier alpha value is -2.10. The third-order valence-electron chi connectivity index (χ3n) is 5.78. The molecule has 2 amide bonds. The zero-order valence-corrected chi connectivity index (χ0v) is 18.1. The minimum Gasteiger partial charge on any atom is -0.494 e. The molecular formula is C20H29N5O3S. The highest BCUT2D eigenvalue weighted by atomic mass is 32.1. The molecule has 2 aliphatic rings. The number of hydrogen-bond donors (Lipinski definition) is 1. The number of hydrogen-bond acceptors (Lipinski definition) is 7. The minimum absolute atomic E-state index is 0.150. The van der Waals surface area contributed by atoms with Gasteiger partial charge >= 0.3 is 6.03 Å². The van der Waals surface area contributed by atoms with Gasteiger partial charge in [0.25, 0.3) is 0 Å². The molecule has 2 saturated heterocycles. The first-order valence-corrected chi connectivity index (χ1v) is 10.9. The van der Waals surface area contributed by atoms with Gasteiger partial charge < -0.3 is 25.0 Å². The van der Waals surface area contributed by atoms with Crippen LogP contribution in [0.4, 0.5) is 10.5 Å². The van der Waals surface area contributed by atoms with Crippen molar-refractivity contribution in [2.24, 2.45) is 5.73 Å². The Bertz CT molecular complexity index is 880. The summed E-state index contributed by atoms with van der Waals surface area (Å²) in [5.74, 6) is 0.752. The molecule has 1 aromatic carbocycles. The van der Waals surface area contributed by atoms with E-state index in [0.717, 1.165) is 66.1 Å². The molecule has 3 heterocycles. The lowest BCUT2D eigenvalue weighted by atomic mass is 10.1. The van der Waals surface area contributed by atoms with Crippen LogP contribution >= 0.6 is 11.3 Å². The van der Waals surface area contributed by atoms with Crippen molar-refractivity contribution in [1.82, 2.24) is 14.8 Å². The number of aromatic nitrogens is 1. The number of amides is 2. The second-order valence-electron chi connectivity index (χ2n) is 7.75. The molecule has 29 heavy (non-hydrogen) atoms. The Morgan fingerprint density at radius 1 is 1.28 bits per heavy atom. The molecule has 2 aliphatic heterocycles. The Morgan fingerprint density at radius 2 is 2.03 bits per heavy atom. The summed E-state index contributed by atoms with van der Waals surface area (Å²) in [6.45, 7) is 9.67. The maximum Gasteiger partial charge on any atom is 0.315 e. The van der Waals surface area contributed by atoms with Gasteiger partial charge in [-0.1, -0.05) is 0 Å². The zero-order chi connectivity index (χ0) is 20.5. The molecule has 2 N–H and O–H groups in total. The lowest BCUT2D eigenvalue weighted by Gasteiger charge is -2.41. The largest absolute Gasteiger partial charge is 0.494 e. The third kappa shape index (κ3) is 3.86. The smallest absolute Gasteiger partial charge is 0.315 e. The summed E-state index contributed by atoms with van der Waals surface area (Å²) in [4.78, 5) is 23.5. The van der Waals surface area contributed by atoms with Crippen molar-refractivity contribution in [2.75, 3.05) is 57.9 Å². The first-order valence-electron chi connectivity index (χ1n) is 10.1. The van der Waals surface area contributed by atoms with E-state index in [0.29, 0.717) is 12.6 Å². The first kappa shape index (κ1) is 20.2. The van der Waals surface area contributed by atoms with Gasteiger partial charge in [0.05, 0.1) is 36.8 Å². The molecule has 1 aromatic heterocycles. The predicted molar refractivity (Wildman–Crippen MR) is 115 cm³/mol. The highest BCUT2D eigenvalue weighted by molar-refractivity contribution is 7.19. The molecule has 1 atom stereocenters. The Balaban J connectivity index is 1.77. The van der Waals surface area contributed by atoms with Crippen molar-refractivity contribution in [1.29, 1.82) is 0 Å². The summed E-state index contributed by atoms with van der Waals surface area (Å²) < 4.78 is 12.2. The molecule has 9 heteroatoms. The van der Waals surface area contributed by atoms with Crippen LogP contribution < -0.4 is 15.4 Å². The van der Waals surface area contributed by atoms with E-state index in [1.807, 2.05) is 6.07 Å². The number of nitrogens with two attached hydrogens (primary N) is 1. The number of carbonyl (C=O) groups excluding carboxylic acids is 1. The van der Waals surface area contributed by atoms with Gasteiger partial charge in [0.1, 0.15) is 16.3 Å². The average molecular weight is 420 g/mol. The van der Waals surface area contributed by atoms with Crippen LogP contribution in [-0.2, 0) is 4.74 Å². The lowest BCUT2D eigenvalue weighted by Crippen LogP contribution is -2.53. The fourth-order valence-corrected chi connectivity index (χ4v) is 5.32. The molecule has 0 spiro atoms. The second-order valence-corrected chi connectivity index (χ2v) is 8.78. The number of morpholine rings is 1. The molecule has 2 aromatic rings. The van der Waals surface area contributed by atoms with Crippen LogP contribution in [0.2, 0.25) is 0 Å². The fourth-order valence-electron chi connectivity index (χ4n) is 4.10. The normalized spacial score (nSPS) is 21.2. The van der Waals surface area contributed by atoms with E-state index in [9.17, 15) is 4.79 Å². The van der Waals surface area contributed by atoms with Gasteiger partial charge in [-0.3, -0.25) is 4.90 Å². The first-order chi connectivity index (χ1) is 14.0. The van der Waals surface area contributed by atoms with Crippen LogP contribution in [0.15, 0.2) is 12.1 Å². The van der Waals surface area contributed by atoms with Crippen LogP contribution in [0.3, 0.4) is 0 Å². The van der Waals surface area contributed by atoms with E-state index in [1.54, 1.807) is 23.3 Å². The van der Waals surface area contributed by atoms with Crippen molar-refractivity contribution in [2.45, 2.75) is 25.9 Å². The summed E-state index contributed by atoms with van der Waals surface area (Å²) in [6.07, 6.45) is 0. The molecule has 0 aliphatic carbocycles. The Kier molecular flexibility index (Phi) is 5.80. The average Bonchev–Trinajstić information content (AvgIpc) is 3.18. The van der Waals surface area contributed by atoms with Gasteiger partial charge in [-0.2, -0.15) is 0 Å². The van der Waals surface area contributed by atoms with Gasteiger partial charge in [-0.25, -0.2) is 9.78 Å². The van der Waals surface area contributed by atoms with E-state index in [1.165, 1.54) is 0 Å². The Morgan fingerprint density at radius 3 is 2.69 bits per heavy atom. The van der Waals surface area contributed by atoms with Crippen LogP contribution in [0.5, 0.6) is 5.75 Å². The number of primary amides is 1. The maximum atomic E-state index is 12.1. The van der Waals surface area contributed by atoms with Crippen molar-refractivity contribution < 1.29 is 14.3 Å². The number of thiazole rings is 1. The minimum atomic E-state index is -0.391. The number of ether oxygens (including phenoxy) is 2. The molecule has 4 rings (SSSR count). The second kappa shape index (κ2) is 8.33. The third-order valence-corrected chi connectivity index (χ3v) is 6.96. The zero-order valence-electron chi connectivity index (χ0n) is 17.3. The number of carbonyl (C=O) groups is 1. The summed E-state index contributed by atoms with van der Waals surface area (Å²) >= 11 is 1.64. The summed E-state index contributed by atoms with van der Waals surface area (Å²) in [7, 11) is 1.67. The summed E-state index contributed by atoms with van der Waals surface area (Å²) in [5, 5.41) is 0.906. The van der Waals surface area contributed by atoms with Gasteiger partial charge in [-0.15, -0.1) is 11.3 Å². The highest BCUT2D eigenvalue weighted by Gasteiger charge is 2.34. The standard InChI is InChI=1S/C20H29N5O3S/c1-13(2)24-6-7-25(20(21)26)15(12-24)19-22-17-16(27-3)5-4-14(18(17)29-19)23-8-10-28-11-9-23/h4-5,13,15H,6-12H2,1-3H3,(H2,21,26). The number of fused-ring (bicyclic) bond motifs is 1. The van der Waals surface area contributed by atoms with Crippen molar-refractivity contribution in [3.05, 3.63) is 17.1 Å². The number of nitrogens with zero attached hydrogens (tertiary/aromatic N) is 4. The molecule has 0 bridgehead atoms. The number of methoxy groups -OCH3 is 1. The molecule has 0 radical (unpaired) electrons. The number of benzene rings is 1. The van der Waals surface area contributed by atoms with Crippen LogP contribution in [0, 0.1) is 0 Å². The number of piperazine rings is 1. The molecule has 2 fully saturated rings. The van der Waals surface area contributed by atoms with Crippen molar-refractivity contribution in [3.8, 4) is 5.75 Å². The van der Waals surface area contributed by atoms with Gasteiger partial charge in [0.15, 0.2) is 0 Å². The SMILES string of the molecule is COc1ccc(N2CCOCC2)c2sc(C3CN(C(C)C)CCN3C(N)=O)nc12. The maximum absolute atomic E-state index is 12.1. The topological polar surface area (TPSA) is 84.2 Å². The number of anilines is 1. The fraction of sp³-hybridized carbons (Fsp3) is 0.600. The predicted octanol–water partition coefficient (Wildman–Crippen LogP) is 2.29. The summed E-state index contributed by atoms with van der Waals surface area (Å²) in [6, 6.07) is 3.94. The summed E-state index contributed by atoms with van der Waals surface area (Å²) in [5.41, 5.74) is 7.71. The quantitative estimate of drug-likeness (QED) is 0.819. The molecular weight excluding hydrogens is 390 g/mol. The van der Waals surface area contributed by atoms with Gasteiger partial charge in [0, 0.05) is 38.8 Å². The molecule has 1 unspecified atom stereocenters. The van der Waals surface area contributed by atoms with Gasteiger partial charge in [-0.05, 0) is 26.0 Å². The number of urea groups is 1. The van der Waals surface area contributed by atoms with Gasteiger partial charge in [0.2, 0.25) is 0 Å². The molecule has 158 valence electrons. The van der Waals surface area contributed by atoms with Crippen LogP contribution in [-0.4, -0.2) is 79.9 Å². The van der Waals surface area contributed by atoms with E-state index < -0.39 is 6.03 Å². The van der Waals surface area contributed by atoms with Crippen molar-refractivity contribution >= 4 is 33.3 Å². The monoisotopic (exact) mass is 419 g/mol.